The zero-order chi connectivity index (χ0) is 9.84. The monoisotopic (exact) mass is 185 g/mol. The van der Waals surface area contributed by atoms with Crippen molar-refractivity contribution < 1.29 is 14.6 Å². The first-order valence-corrected chi connectivity index (χ1v) is 4.44. The number of rotatable bonds is 3. The van der Waals surface area contributed by atoms with E-state index in [0.29, 0.717) is 18.6 Å². The van der Waals surface area contributed by atoms with Gasteiger partial charge in [-0.2, -0.15) is 0 Å². The van der Waals surface area contributed by atoms with Crippen LogP contribution in [-0.4, -0.2) is 30.5 Å². The molecule has 0 aromatic rings. The molecule has 0 aliphatic carbocycles. The van der Waals surface area contributed by atoms with Gasteiger partial charge in [-0.25, -0.2) is 4.79 Å². The van der Waals surface area contributed by atoms with Crippen molar-refractivity contribution in [3.63, 3.8) is 0 Å². The van der Waals surface area contributed by atoms with E-state index in [1.54, 1.807) is 6.92 Å². The lowest BCUT2D eigenvalue weighted by Gasteiger charge is -2.14. The van der Waals surface area contributed by atoms with Crippen LogP contribution in [0, 0.1) is 0 Å². The van der Waals surface area contributed by atoms with Gasteiger partial charge in [0, 0.05) is 12.1 Å². The molecule has 0 bridgehead atoms. The maximum absolute atomic E-state index is 10.7. The van der Waals surface area contributed by atoms with Crippen LogP contribution in [0.3, 0.4) is 0 Å². The fourth-order valence-electron chi connectivity index (χ4n) is 1.43. The lowest BCUT2D eigenvalue weighted by atomic mass is 10.1. The Hall–Kier alpha value is -0.870. The largest absolute Gasteiger partial charge is 0.478 e. The van der Waals surface area contributed by atoms with Gasteiger partial charge in [-0.15, -0.1) is 0 Å². The van der Waals surface area contributed by atoms with Gasteiger partial charge in [0.1, 0.15) is 6.23 Å². The van der Waals surface area contributed by atoms with Gasteiger partial charge in [0.05, 0.1) is 6.61 Å². The number of carboxylic acids is 1. The number of nitrogens with one attached hydrogen (secondary N) is 1. The van der Waals surface area contributed by atoms with Crippen molar-refractivity contribution >= 4 is 5.97 Å². The normalized spacial score (nSPS) is 24.3. The summed E-state index contributed by atoms with van der Waals surface area (Å²) in [7, 11) is 0. The van der Waals surface area contributed by atoms with E-state index in [1.807, 2.05) is 6.92 Å². The molecule has 1 unspecified atom stereocenters. The fourth-order valence-corrected chi connectivity index (χ4v) is 1.43. The molecule has 0 aromatic carbocycles. The molecular formula is C9H15NO3. The molecule has 4 heteroatoms. The van der Waals surface area contributed by atoms with Gasteiger partial charge in [0.25, 0.3) is 0 Å². The highest BCUT2D eigenvalue weighted by Gasteiger charge is 2.21. The van der Waals surface area contributed by atoms with Crippen molar-refractivity contribution in [3.8, 4) is 0 Å². The topological polar surface area (TPSA) is 58.6 Å². The van der Waals surface area contributed by atoms with Crippen molar-refractivity contribution in [1.82, 2.24) is 5.32 Å². The number of hydrogen-bond acceptors (Lipinski definition) is 3. The van der Waals surface area contributed by atoms with Gasteiger partial charge in [-0.1, -0.05) is 6.92 Å². The van der Waals surface area contributed by atoms with E-state index in [9.17, 15) is 4.79 Å². The molecule has 1 aliphatic rings. The lowest BCUT2D eigenvalue weighted by Crippen LogP contribution is -2.26. The molecule has 1 atom stereocenters. The smallest absolute Gasteiger partial charge is 0.331 e. The molecular weight excluding hydrogens is 170 g/mol. The van der Waals surface area contributed by atoms with Crippen LogP contribution in [0.25, 0.3) is 0 Å². The minimum atomic E-state index is -0.867. The minimum Gasteiger partial charge on any atom is -0.478 e. The van der Waals surface area contributed by atoms with Crippen molar-refractivity contribution in [2.24, 2.45) is 0 Å². The van der Waals surface area contributed by atoms with Crippen LogP contribution in [0.15, 0.2) is 11.1 Å². The second-order valence-corrected chi connectivity index (χ2v) is 3.01. The Labute approximate surface area is 77.6 Å². The van der Waals surface area contributed by atoms with E-state index >= 15 is 0 Å². The van der Waals surface area contributed by atoms with Gasteiger partial charge in [0.15, 0.2) is 0 Å². The SMILES string of the molecule is CCC(=C(C)C(=O)O)C1NCCO1. The summed E-state index contributed by atoms with van der Waals surface area (Å²) in [6.07, 6.45) is 0.511. The van der Waals surface area contributed by atoms with Crippen molar-refractivity contribution in [1.29, 1.82) is 0 Å². The Kier molecular flexibility index (Phi) is 3.45. The molecule has 1 fully saturated rings. The Morgan fingerprint density at radius 2 is 2.38 bits per heavy atom. The highest BCUT2D eigenvalue weighted by molar-refractivity contribution is 5.87. The second kappa shape index (κ2) is 4.39. The maximum atomic E-state index is 10.7. The van der Waals surface area contributed by atoms with E-state index in [4.69, 9.17) is 9.84 Å². The summed E-state index contributed by atoms with van der Waals surface area (Å²) in [5.41, 5.74) is 1.23. The predicted molar refractivity (Wildman–Crippen MR) is 48.4 cm³/mol. The summed E-state index contributed by atoms with van der Waals surface area (Å²) < 4.78 is 5.34. The minimum absolute atomic E-state index is 0.193. The Morgan fingerprint density at radius 3 is 2.77 bits per heavy atom. The van der Waals surface area contributed by atoms with Crippen LogP contribution in [0.2, 0.25) is 0 Å². The predicted octanol–water partition coefficient (Wildman–Crippen LogP) is 0.743. The molecule has 1 aliphatic heterocycles. The van der Waals surface area contributed by atoms with Crippen molar-refractivity contribution in [3.05, 3.63) is 11.1 Å². The second-order valence-electron chi connectivity index (χ2n) is 3.01. The third-order valence-corrected chi connectivity index (χ3v) is 2.22. The van der Waals surface area contributed by atoms with Crippen LogP contribution in [0.4, 0.5) is 0 Å². The summed E-state index contributed by atoms with van der Waals surface area (Å²) in [4.78, 5) is 10.7. The summed E-state index contributed by atoms with van der Waals surface area (Å²) >= 11 is 0. The maximum Gasteiger partial charge on any atom is 0.331 e. The number of aliphatic carboxylic acids is 1. The average Bonchev–Trinajstić information content (AvgIpc) is 2.58. The average molecular weight is 185 g/mol. The molecule has 2 N–H and O–H groups in total. The Bertz CT molecular complexity index is 229. The number of hydrogen-bond donors (Lipinski definition) is 2. The van der Waals surface area contributed by atoms with E-state index < -0.39 is 5.97 Å². The van der Waals surface area contributed by atoms with Crippen LogP contribution in [-0.2, 0) is 9.53 Å². The first-order valence-electron chi connectivity index (χ1n) is 4.44. The van der Waals surface area contributed by atoms with Crippen LogP contribution in [0.5, 0.6) is 0 Å². The van der Waals surface area contributed by atoms with E-state index in [1.165, 1.54) is 0 Å². The summed E-state index contributed by atoms with van der Waals surface area (Å²) in [6.45, 7) is 5.00. The van der Waals surface area contributed by atoms with Crippen molar-refractivity contribution in [2.45, 2.75) is 26.5 Å². The van der Waals surface area contributed by atoms with Gasteiger partial charge in [-0.05, 0) is 18.9 Å². The van der Waals surface area contributed by atoms with Crippen LogP contribution >= 0.6 is 0 Å². The highest BCUT2D eigenvalue weighted by Crippen LogP contribution is 2.16. The molecule has 4 nitrogen and oxygen atoms in total. The molecule has 1 saturated heterocycles. The quantitative estimate of drug-likeness (QED) is 0.637. The zero-order valence-electron chi connectivity index (χ0n) is 7.96. The molecule has 0 amide bonds. The molecule has 1 heterocycles. The first kappa shape index (κ1) is 10.2. The third-order valence-electron chi connectivity index (χ3n) is 2.22. The van der Waals surface area contributed by atoms with Crippen LogP contribution in [0.1, 0.15) is 20.3 Å². The van der Waals surface area contributed by atoms with E-state index in [0.717, 1.165) is 12.1 Å². The molecule has 0 saturated carbocycles. The number of ether oxygens (including phenoxy) is 1. The molecule has 0 spiro atoms. The van der Waals surface area contributed by atoms with Gasteiger partial charge in [0.2, 0.25) is 0 Å². The Morgan fingerprint density at radius 1 is 1.69 bits per heavy atom. The molecule has 0 radical (unpaired) electrons. The third kappa shape index (κ3) is 2.29. The standard InChI is InChI=1S/C9H15NO3/c1-3-7(6(2)9(11)12)8-10-4-5-13-8/h8,10H,3-5H2,1-2H3,(H,11,12). The number of carboxylic acid groups (broad SMARTS) is 1. The Balaban J connectivity index is 2.81. The first-order chi connectivity index (χ1) is 6.16. The summed E-state index contributed by atoms with van der Waals surface area (Å²) in [6, 6.07) is 0. The van der Waals surface area contributed by atoms with Gasteiger partial charge >= 0.3 is 5.97 Å². The fraction of sp³-hybridized carbons (Fsp3) is 0.667. The van der Waals surface area contributed by atoms with Gasteiger partial charge in [-0.3, -0.25) is 5.32 Å². The number of carbonyl (C=O) groups is 1. The molecule has 1 rings (SSSR count). The summed E-state index contributed by atoms with van der Waals surface area (Å²) in [5, 5.41) is 11.9. The highest BCUT2D eigenvalue weighted by atomic mass is 16.5. The van der Waals surface area contributed by atoms with Gasteiger partial charge < -0.3 is 9.84 Å². The van der Waals surface area contributed by atoms with Crippen LogP contribution < -0.4 is 5.32 Å². The summed E-state index contributed by atoms with van der Waals surface area (Å²) in [5.74, 6) is -0.867. The molecule has 13 heavy (non-hydrogen) atoms. The lowest BCUT2D eigenvalue weighted by molar-refractivity contribution is -0.132. The zero-order valence-corrected chi connectivity index (χ0v) is 7.96. The molecule has 74 valence electrons. The van der Waals surface area contributed by atoms with Crippen molar-refractivity contribution in [2.75, 3.05) is 13.2 Å². The van der Waals surface area contributed by atoms with E-state index in [-0.39, 0.29) is 6.23 Å². The van der Waals surface area contributed by atoms with E-state index in [2.05, 4.69) is 5.32 Å². The molecule has 0 aromatic heterocycles.